The van der Waals surface area contributed by atoms with Gasteiger partial charge in [-0.3, -0.25) is 0 Å². The van der Waals surface area contributed by atoms with Crippen LogP contribution < -0.4 is 0 Å². The first-order valence-corrected chi connectivity index (χ1v) is 7.13. The topological polar surface area (TPSA) is 84.2 Å². The number of halogens is 1. The summed E-state index contributed by atoms with van der Waals surface area (Å²) in [5.74, 6) is -0.773. The predicted octanol–water partition coefficient (Wildman–Crippen LogP) is 1.81. The monoisotopic (exact) mass is 287 g/mol. The summed E-state index contributed by atoms with van der Waals surface area (Å²) in [5.41, 5.74) is 0.0296. The van der Waals surface area contributed by atoms with Crippen LogP contribution in [0.4, 0.5) is 0 Å². The number of nitrogens with zero attached hydrogens (tertiary/aromatic N) is 1. The van der Waals surface area contributed by atoms with Crippen molar-refractivity contribution in [3.05, 3.63) is 28.8 Å². The van der Waals surface area contributed by atoms with E-state index < -0.39 is 21.9 Å². The summed E-state index contributed by atoms with van der Waals surface area (Å²) in [4.78, 5) is 11.4. The molecule has 0 heterocycles. The Morgan fingerprint density at radius 1 is 1.50 bits per heavy atom. The van der Waals surface area contributed by atoms with Crippen molar-refractivity contribution >= 4 is 27.4 Å². The average molecular weight is 288 g/mol. The molecule has 0 saturated heterocycles. The SMILES string of the molecule is CC(C#N)OC(=O)c1ccc(Cl)c(S(C)(=O)=O)c1. The van der Waals surface area contributed by atoms with Gasteiger partial charge in [-0.05, 0) is 25.1 Å². The van der Waals surface area contributed by atoms with Crippen molar-refractivity contribution in [1.29, 1.82) is 5.26 Å². The van der Waals surface area contributed by atoms with Gasteiger partial charge in [0.15, 0.2) is 15.9 Å². The molecule has 0 aliphatic carbocycles. The van der Waals surface area contributed by atoms with Gasteiger partial charge in [-0.1, -0.05) is 11.6 Å². The normalized spacial score (nSPS) is 12.6. The number of hydrogen-bond acceptors (Lipinski definition) is 5. The van der Waals surface area contributed by atoms with Crippen LogP contribution in [-0.2, 0) is 14.6 Å². The smallest absolute Gasteiger partial charge is 0.339 e. The molecule has 18 heavy (non-hydrogen) atoms. The number of ether oxygens (including phenoxy) is 1. The quantitative estimate of drug-likeness (QED) is 0.792. The minimum atomic E-state index is -3.53. The van der Waals surface area contributed by atoms with E-state index in [2.05, 4.69) is 0 Å². The van der Waals surface area contributed by atoms with Crippen LogP contribution in [0.2, 0.25) is 5.02 Å². The van der Waals surface area contributed by atoms with E-state index in [1.54, 1.807) is 6.07 Å². The average Bonchev–Trinajstić information content (AvgIpc) is 2.27. The van der Waals surface area contributed by atoms with E-state index in [1.165, 1.54) is 19.1 Å². The second-order valence-corrected chi connectivity index (χ2v) is 5.99. The third kappa shape index (κ3) is 3.45. The first-order valence-electron chi connectivity index (χ1n) is 4.86. The molecule has 7 heteroatoms. The molecule has 1 unspecified atom stereocenters. The molecule has 1 rings (SSSR count). The highest BCUT2D eigenvalue weighted by molar-refractivity contribution is 7.90. The maximum atomic E-state index is 11.6. The van der Waals surface area contributed by atoms with Crippen LogP contribution in [-0.4, -0.2) is 26.7 Å². The zero-order valence-corrected chi connectivity index (χ0v) is 11.2. The zero-order chi connectivity index (χ0) is 13.9. The minimum Gasteiger partial charge on any atom is -0.444 e. The lowest BCUT2D eigenvalue weighted by Crippen LogP contribution is -2.13. The van der Waals surface area contributed by atoms with Gasteiger partial charge in [-0.15, -0.1) is 0 Å². The van der Waals surface area contributed by atoms with E-state index in [4.69, 9.17) is 21.6 Å². The summed E-state index contributed by atoms with van der Waals surface area (Å²) in [6.07, 6.45) is 0.0798. The molecule has 96 valence electrons. The number of nitriles is 1. The Balaban J connectivity index is 3.15. The van der Waals surface area contributed by atoms with Gasteiger partial charge >= 0.3 is 5.97 Å². The Hall–Kier alpha value is -1.58. The zero-order valence-electron chi connectivity index (χ0n) is 9.68. The van der Waals surface area contributed by atoms with Crippen LogP contribution in [0.5, 0.6) is 0 Å². The largest absolute Gasteiger partial charge is 0.444 e. The van der Waals surface area contributed by atoms with Crippen molar-refractivity contribution in [3.8, 4) is 6.07 Å². The molecule has 5 nitrogen and oxygen atoms in total. The highest BCUT2D eigenvalue weighted by atomic mass is 35.5. The van der Waals surface area contributed by atoms with E-state index >= 15 is 0 Å². The summed E-state index contributed by atoms with van der Waals surface area (Å²) in [7, 11) is -3.53. The van der Waals surface area contributed by atoms with Crippen LogP contribution in [0.3, 0.4) is 0 Å². The Labute approximate surface area is 110 Å². The van der Waals surface area contributed by atoms with Gasteiger partial charge in [0.05, 0.1) is 15.5 Å². The Kier molecular flexibility index (Phi) is 4.33. The minimum absolute atomic E-state index is 0.0296. The second-order valence-electron chi connectivity index (χ2n) is 3.59. The van der Waals surface area contributed by atoms with E-state index in [9.17, 15) is 13.2 Å². The van der Waals surface area contributed by atoms with Crippen molar-refractivity contribution in [1.82, 2.24) is 0 Å². The van der Waals surface area contributed by atoms with Gasteiger partial charge in [0, 0.05) is 6.26 Å². The van der Waals surface area contributed by atoms with Gasteiger partial charge in [0.1, 0.15) is 6.07 Å². The number of benzene rings is 1. The third-order valence-electron chi connectivity index (χ3n) is 2.03. The fraction of sp³-hybridized carbons (Fsp3) is 0.273. The highest BCUT2D eigenvalue weighted by Gasteiger charge is 2.17. The molecule has 0 aromatic heterocycles. The number of hydrogen-bond donors (Lipinski definition) is 0. The molecule has 1 aromatic carbocycles. The van der Waals surface area contributed by atoms with Crippen molar-refractivity contribution in [2.45, 2.75) is 17.9 Å². The number of carbonyl (C=O) groups excluding carboxylic acids is 1. The van der Waals surface area contributed by atoms with Crippen LogP contribution in [0.15, 0.2) is 23.1 Å². The van der Waals surface area contributed by atoms with E-state index in [0.29, 0.717) is 0 Å². The summed E-state index contributed by atoms with van der Waals surface area (Å²) in [5, 5.41) is 8.54. The highest BCUT2D eigenvalue weighted by Crippen LogP contribution is 2.23. The van der Waals surface area contributed by atoms with Crippen molar-refractivity contribution in [3.63, 3.8) is 0 Å². The van der Waals surface area contributed by atoms with Crippen LogP contribution in [0.25, 0.3) is 0 Å². The lowest BCUT2D eigenvalue weighted by molar-refractivity contribution is 0.0435. The molecule has 0 aliphatic heterocycles. The summed E-state index contributed by atoms with van der Waals surface area (Å²) < 4.78 is 27.6. The lowest BCUT2D eigenvalue weighted by Gasteiger charge is -2.08. The van der Waals surface area contributed by atoms with Gasteiger partial charge < -0.3 is 4.74 Å². The van der Waals surface area contributed by atoms with Gasteiger partial charge in [-0.2, -0.15) is 5.26 Å². The Morgan fingerprint density at radius 3 is 2.61 bits per heavy atom. The van der Waals surface area contributed by atoms with E-state index in [-0.39, 0.29) is 15.5 Å². The number of rotatable bonds is 3. The first-order chi connectivity index (χ1) is 8.25. The molecule has 0 fully saturated rings. The molecule has 0 N–H and O–H groups in total. The third-order valence-corrected chi connectivity index (χ3v) is 3.61. The molecule has 0 bridgehead atoms. The number of carbonyl (C=O) groups is 1. The molecule has 1 aromatic rings. The standard InChI is InChI=1S/C11H10ClNO4S/c1-7(6-13)17-11(14)8-3-4-9(12)10(5-8)18(2,15)16/h3-5,7H,1-2H3. The summed E-state index contributed by atoms with van der Waals surface area (Å²) in [6.45, 7) is 1.41. The summed E-state index contributed by atoms with van der Waals surface area (Å²) in [6, 6.07) is 5.50. The maximum absolute atomic E-state index is 11.6. The van der Waals surface area contributed by atoms with Crippen LogP contribution in [0.1, 0.15) is 17.3 Å². The molecular weight excluding hydrogens is 278 g/mol. The van der Waals surface area contributed by atoms with E-state index in [1.807, 2.05) is 0 Å². The molecular formula is C11H10ClNO4S. The fourth-order valence-electron chi connectivity index (χ4n) is 1.17. The molecule has 0 radical (unpaired) electrons. The molecule has 0 saturated carbocycles. The van der Waals surface area contributed by atoms with Crippen molar-refractivity contribution < 1.29 is 17.9 Å². The Bertz CT molecular complexity index is 618. The second kappa shape index (κ2) is 5.38. The van der Waals surface area contributed by atoms with Crippen LogP contribution >= 0.6 is 11.6 Å². The summed E-state index contributed by atoms with van der Waals surface area (Å²) >= 11 is 5.73. The van der Waals surface area contributed by atoms with Crippen molar-refractivity contribution in [2.75, 3.05) is 6.26 Å². The van der Waals surface area contributed by atoms with Gasteiger partial charge in [-0.25, -0.2) is 13.2 Å². The van der Waals surface area contributed by atoms with Gasteiger partial charge in [0.25, 0.3) is 0 Å². The number of esters is 1. The van der Waals surface area contributed by atoms with Gasteiger partial charge in [0.2, 0.25) is 0 Å². The van der Waals surface area contributed by atoms with Crippen LogP contribution in [0, 0.1) is 11.3 Å². The Morgan fingerprint density at radius 2 is 2.11 bits per heavy atom. The lowest BCUT2D eigenvalue weighted by atomic mass is 10.2. The fourth-order valence-corrected chi connectivity index (χ4v) is 2.47. The maximum Gasteiger partial charge on any atom is 0.339 e. The van der Waals surface area contributed by atoms with E-state index in [0.717, 1.165) is 12.3 Å². The number of sulfone groups is 1. The molecule has 0 spiro atoms. The first kappa shape index (κ1) is 14.5. The predicted molar refractivity (Wildman–Crippen MR) is 65.1 cm³/mol. The van der Waals surface area contributed by atoms with Crippen molar-refractivity contribution in [2.24, 2.45) is 0 Å². The molecule has 0 amide bonds. The molecule has 1 atom stereocenters. The molecule has 0 aliphatic rings.